The fourth-order valence-corrected chi connectivity index (χ4v) is 4.20. The molecule has 1 aromatic heterocycles. The third-order valence-corrected chi connectivity index (χ3v) is 5.95. The molecule has 2 aliphatic rings. The highest BCUT2D eigenvalue weighted by atomic mass is 16.2. The minimum Gasteiger partial charge on any atom is -0.351 e. The first kappa shape index (κ1) is 18.0. The highest BCUT2D eigenvalue weighted by molar-refractivity contribution is 6.00. The first-order chi connectivity index (χ1) is 13.1. The van der Waals surface area contributed by atoms with Gasteiger partial charge in [0.25, 0.3) is 5.91 Å². The summed E-state index contributed by atoms with van der Waals surface area (Å²) in [4.78, 5) is 32.7. The molecule has 2 aromatic rings. The second-order valence-electron chi connectivity index (χ2n) is 7.68. The Balaban J connectivity index is 1.46. The second kappa shape index (κ2) is 7.72. The van der Waals surface area contributed by atoms with Crippen LogP contribution >= 0.6 is 0 Å². The number of nitrogens with one attached hydrogen (secondary N) is 2. The zero-order valence-corrected chi connectivity index (χ0v) is 16.0. The van der Waals surface area contributed by atoms with Gasteiger partial charge in [-0.05, 0) is 43.7 Å². The van der Waals surface area contributed by atoms with Gasteiger partial charge < -0.3 is 20.1 Å². The fourth-order valence-electron chi connectivity index (χ4n) is 4.20. The number of nitrogens with zero attached hydrogens (tertiary/aromatic N) is 2. The van der Waals surface area contributed by atoms with E-state index in [0.29, 0.717) is 5.69 Å². The number of hydrogen-bond acceptors (Lipinski definition) is 3. The number of H-pyrrole nitrogens is 1. The molecular weight excluding hydrogens is 340 g/mol. The second-order valence-corrected chi connectivity index (χ2v) is 7.68. The van der Waals surface area contributed by atoms with E-state index in [2.05, 4.69) is 22.1 Å². The van der Waals surface area contributed by atoms with Crippen LogP contribution in [0.1, 0.15) is 43.1 Å². The number of carbonyl (C=O) groups is 2. The molecular formula is C21H28N4O2. The minimum absolute atomic E-state index is 0.0542. The van der Waals surface area contributed by atoms with Crippen molar-refractivity contribution >= 4 is 28.4 Å². The largest absolute Gasteiger partial charge is 0.351 e. The molecule has 0 radical (unpaired) electrons. The molecule has 27 heavy (non-hydrogen) atoms. The van der Waals surface area contributed by atoms with Crippen LogP contribution in [0.15, 0.2) is 24.3 Å². The zero-order chi connectivity index (χ0) is 18.8. The van der Waals surface area contributed by atoms with Crippen LogP contribution < -0.4 is 5.32 Å². The Labute approximate surface area is 159 Å². The van der Waals surface area contributed by atoms with E-state index >= 15 is 0 Å². The number of anilines is 1. The zero-order valence-electron chi connectivity index (χ0n) is 16.0. The Morgan fingerprint density at radius 3 is 2.56 bits per heavy atom. The standard InChI is InChI=1S/C21H28N4O2/c1-2-24-9-11-25(12-10-24)21(27)19-14-16-13-17(7-8-18(16)23-19)22-20(26)15-5-3-4-6-15/h7-8,13-15,23H,2-6,9-12H2,1H3,(H,22,26). The summed E-state index contributed by atoms with van der Waals surface area (Å²) < 4.78 is 0. The van der Waals surface area contributed by atoms with Crippen molar-refractivity contribution in [3.05, 3.63) is 30.0 Å². The Morgan fingerprint density at radius 2 is 1.85 bits per heavy atom. The number of carbonyl (C=O) groups excluding carboxylic acids is 2. The van der Waals surface area contributed by atoms with Crippen LogP contribution in [0.2, 0.25) is 0 Å². The van der Waals surface area contributed by atoms with Gasteiger partial charge in [0.2, 0.25) is 5.91 Å². The summed E-state index contributed by atoms with van der Waals surface area (Å²) in [7, 11) is 0. The first-order valence-corrected chi connectivity index (χ1v) is 10.1. The number of rotatable bonds is 4. The fraction of sp³-hybridized carbons (Fsp3) is 0.524. The number of fused-ring (bicyclic) bond motifs is 1. The third-order valence-electron chi connectivity index (χ3n) is 5.95. The lowest BCUT2D eigenvalue weighted by molar-refractivity contribution is -0.119. The van der Waals surface area contributed by atoms with Crippen LogP contribution in [0.3, 0.4) is 0 Å². The smallest absolute Gasteiger partial charge is 0.270 e. The van der Waals surface area contributed by atoms with Crippen molar-refractivity contribution in [2.45, 2.75) is 32.6 Å². The van der Waals surface area contributed by atoms with E-state index in [1.165, 1.54) is 0 Å². The molecule has 1 saturated heterocycles. The van der Waals surface area contributed by atoms with E-state index in [9.17, 15) is 9.59 Å². The van der Waals surface area contributed by atoms with Crippen LogP contribution in [0.4, 0.5) is 5.69 Å². The van der Waals surface area contributed by atoms with Crippen LogP contribution in [0.5, 0.6) is 0 Å². The highest BCUT2D eigenvalue weighted by Gasteiger charge is 2.24. The number of aromatic nitrogens is 1. The maximum Gasteiger partial charge on any atom is 0.270 e. The molecule has 6 nitrogen and oxygen atoms in total. The maximum atomic E-state index is 12.8. The van der Waals surface area contributed by atoms with Gasteiger partial charge >= 0.3 is 0 Å². The van der Waals surface area contributed by atoms with Gasteiger partial charge in [-0.3, -0.25) is 9.59 Å². The van der Waals surface area contributed by atoms with Crippen molar-refractivity contribution in [3.63, 3.8) is 0 Å². The summed E-state index contributed by atoms with van der Waals surface area (Å²) in [6.07, 6.45) is 4.27. The van der Waals surface area contributed by atoms with Crippen molar-refractivity contribution in [1.29, 1.82) is 0 Å². The Morgan fingerprint density at radius 1 is 1.11 bits per heavy atom. The summed E-state index contributed by atoms with van der Waals surface area (Å²) in [5.74, 6) is 0.317. The number of benzene rings is 1. The van der Waals surface area contributed by atoms with Crippen LogP contribution in [0.25, 0.3) is 10.9 Å². The molecule has 2 heterocycles. The monoisotopic (exact) mass is 368 g/mol. The quantitative estimate of drug-likeness (QED) is 0.871. The van der Waals surface area contributed by atoms with Gasteiger partial charge in [-0.2, -0.15) is 0 Å². The van der Waals surface area contributed by atoms with E-state index in [1.54, 1.807) is 0 Å². The van der Waals surface area contributed by atoms with E-state index < -0.39 is 0 Å². The number of aromatic amines is 1. The number of amides is 2. The van der Waals surface area contributed by atoms with E-state index in [0.717, 1.165) is 75.0 Å². The molecule has 1 aliphatic carbocycles. The molecule has 6 heteroatoms. The van der Waals surface area contributed by atoms with Gasteiger partial charge in [0.1, 0.15) is 5.69 Å². The van der Waals surface area contributed by atoms with E-state index in [-0.39, 0.29) is 17.7 Å². The van der Waals surface area contributed by atoms with Crippen molar-refractivity contribution in [3.8, 4) is 0 Å². The predicted molar refractivity (Wildman–Crippen MR) is 107 cm³/mol. The van der Waals surface area contributed by atoms with Crippen LogP contribution in [0, 0.1) is 5.92 Å². The van der Waals surface area contributed by atoms with E-state index in [4.69, 9.17) is 0 Å². The lowest BCUT2D eigenvalue weighted by Crippen LogP contribution is -2.48. The molecule has 0 bridgehead atoms. The molecule has 1 aromatic carbocycles. The summed E-state index contributed by atoms with van der Waals surface area (Å²) in [5, 5.41) is 3.99. The molecule has 1 saturated carbocycles. The molecule has 4 rings (SSSR count). The number of piperazine rings is 1. The van der Waals surface area contributed by atoms with Crippen molar-refractivity contribution in [1.82, 2.24) is 14.8 Å². The summed E-state index contributed by atoms with van der Waals surface area (Å²) >= 11 is 0. The maximum absolute atomic E-state index is 12.8. The van der Waals surface area contributed by atoms with Gasteiger partial charge in [-0.15, -0.1) is 0 Å². The lowest BCUT2D eigenvalue weighted by atomic mass is 10.1. The number of likely N-dealkylation sites (N-methyl/N-ethyl adjacent to an activating group) is 1. The first-order valence-electron chi connectivity index (χ1n) is 10.1. The molecule has 1 aliphatic heterocycles. The normalized spacial score (nSPS) is 18.9. The molecule has 0 atom stereocenters. The van der Waals surface area contributed by atoms with Gasteiger partial charge in [-0.1, -0.05) is 19.8 Å². The topological polar surface area (TPSA) is 68.4 Å². The van der Waals surface area contributed by atoms with Crippen molar-refractivity contribution in [2.24, 2.45) is 5.92 Å². The summed E-state index contributed by atoms with van der Waals surface area (Å²) in [6.45, 7) is 6.58. The number of hydrogen-bond donors (Lipinski definition) is 2. The predicted octanol–water partition coefficient (Wildman–Crippen LogP) is 3.07. The lowest BCUT2D eigenvalue weighted by Gasteiger charge is -2.33. The molecule has 2 fully saturated rings. The molecule has 0 spiro atoms. The summed E-state index contributed by atoms with van der Waals surface area (Å²) in [5.41, 5.74) is 2.34. The van der Waals surface area contributed by atoms with Crippen molar-refractivity contribution < 1.29 is 9.59 Å². The highest BCUT2D eigenvalue weighted by Crippen LogP contribution is 2.27. The summed E-state index contributed by atoms with van der Waals surface area (Å²) in [6, 6.07) is 7.69. The van der Waals surface area contributed by atoms with Gasteiger partial charge in [0.05, 0.1) is 0 Å². The van der Waals surface area contributed by atoms with Crippen LogP contribution in [-0.4, -0.2) is 59.3 Å². The minimum atomic E-state index is 0.0542. The van der Waals surface area contributed by atoms with Crippen molar-refractivity contribution in [2.75, 3.05) is 38.0 Å². The Bertz CT molecular complexity index is 830. The molecule has 2 amide bonds. The Kier molecular flexibility index (Phi) is 5.16. The van der Waals surface area contributed by atoms with Gasteiger partial charge in [-0.25, -0.2) is 0 Å². The molecule has 0 unspecified atom stereocenters. The average molecular weight is 368 g/mol. The molecule has 144 valence electrons. The van der Waals surface area contributed by atoms with Gasteiger partial charge in [0.15, 0.2) is 0 Å². The molecule has 2 N–H and O–H groups in total. The average Bonchev–Trinajstić information content (AvgIpc) is 3.37. The Hall–Kier alpha value is -2.34. The van der Waals surface area contributed by atoms with Crippen LogP contribution in [-0.2, 0) is 4.79 Å². The van der Waals surface area contributed by atoms with E-state index in [1.807, 2.05) is 29.2 Å². The third kappa shape index (κ3) is 3.86. The SMILES string of the molecule is CCN1CCN(C(=O)c2cc3cc(NC(=O)C4CCCC4)ccc3[nH]2)CC1. The van der Waals surface area contributed by atoms with Gasteiger partial charge in [0, 0.05) is 48.7 Å².